The van der Waals surface area contributed by atoms with E-state index in [-0.39, 0.29) is 5.82 Å². The highest BCUT2D eigenvalue weighted by Gasteiger charge is 2.14. The van der Waals surface area contributed by atoms with Gasteiger partial charge < -0.3 is 5.32 Å². The molecular formula is C16H18FN7. The first-order chi connectivity index (χ1) is 11.7. The van der Waals surface area contributed by atoms with Gasteiger partial charge in [-0.2, -0.15) is 10.1 Å². The first-order valence-electron chi connectivity index (χ1n) is 8.08. The SMILES string of the molecule is Cc1ncn(-c2ccc(Nc3nc4n(n3)CCCCC4)cc2F)n1. The average Bonchev–Trinajstić information content (AvgIpc) is 3.08. The lowest BCUT2D eigenvalue weighted by Gasteiger charge is -2.06. The molecule has 0 saturated heterocycles. The molecule has 1 aliphatic heterocycles. The molecule has 0 spiro atoms. The highest BCUT2D eigenvalue weighted by Crippen LogP contribution is 2.21. The molecule has 8 heteroatoms. The van der Waals surface area contributed by atoms with Crippen LogP contribution >= 0.6 is 0 Å². The zero-order valence-electron chi connectivity index (χ0n) is 13.4. The fourth-order valence-electron chi connectivity index (χ4n) is 2.87. The molecule has 0 fully saturated rings. The third-order valence-electron chi connectivity index (χ3n) is 4.08. The second-order valence-electron chi connectivity index (χ2n) is 5.91. The third kappa shape index (κ3) is 2.86. The summed E-state index contributed by atoms with van der Waals surface area (Å²) in [6.45, 7) is 2.65. The Morgan fingerprint density at radius 2 is 2.08 bits per heavy atom. The Kier molecular flexibility index (Phi) is 3.72. The van der Waals surface area contributed by atoms with E-state index in [1.165, 1.54) is 23.5 Å². The second kappa shape index (κ2) is 6.03. The van der Waals surface area contributed by atoms with E-state index in [0.29, 0.717) is 23.1 Å². The molecule has 2 aromatic heterocycles. The van der Waals surface area contributed by atoms with Crippen molar-refractivity contribution in [2.45, 2.75) is 39.2 Å². The predicted octanol–water partition coefficient (Wildman–Crippen LogP) is 2.78. The zero-order valence-corrected chi connectivity index (χ0v) is 13.4. The van der Waals surface area contributed by atoms with Crippen molar-refractivity contribution in [2.24, 2.45) is 0 Å². The van der Waals surface area contributed by atoms with E-state index in [4.69, 9.17) is 0 Å². The van der Waals surface area contributed by atoms with Crippen LogP contribution in [0.4, 0.5) is 16.0 Å². The number of benzene rings is 1. The van der Waals surface area contributed by atoms with Crippen LogP contribution in [0.25, 0.3) is 5.69 Å². The highest BCUT2D eigenvalue weighted by atomic mass is 19.1. The zero-order chi connectivity index (χ0) is 16.5. The van der Waals surface area contributed by atoms with Crippen molar-refractivity contribution in [3.63, 3.8) is 0 Å². The Morgan fingerprint density at radius 1 is 1.17 bits per heavy atom. The summed E-state index contributed by atoms with van der Waals surface area (Å²) in [5, 5.41) is 11.7. The maximum atomic E-state index is 14.4. The van der Waals surface area contributed by atoms with Gasteiger partial charge in [0.05, 0.1) is 0 Å². The minimum Gasteiger partial charge on any atom is -0.323 e. The smallest absolute Gasteiger partial charge is 0.246 e. The molecule has 3 heterocycles. The number of hydrogen-bond acceptors (Lipinski definition) is 5. The van der Waals surface area contributed by atoms with Gasteiger partial charge in [-0.3, -0.25) is 0 Å². The van der Waals surface area contributed by atoms with Gasteiger partial charge in [0.1, 0.15) is 23.7 Å². The van der Waals surface area contributed by atoms with Crippen LogP contribution in [0.15, 0.2) is 24.5 Å². The summed E-state index contributed by atoms with van der Waals surface area (Å²) in [4.78, 5) is 8.53. The lowest BCUT2D eigenvalue weighted by atomic mass is 10.2. The number of aryl methyl sites for hydroxylation is 3. The van der Waals surface area contributed by atoms with E-state index in [9.17, 15) is 4.39 Å². The van der Waals surface area contributed by atoms with Crippen LogP contribution in [-0.2, 0) is 13.0 Å². The van der Waals surface area contributed by atoms with Gasteiger partial charge in [-0.25, -0.2) is 18.7 Å². The fraction of sp³-hybridized carbons (Fsp3) is 0.375. The predicted molar refractivity (Wildman–Crippen MR) is 86.9 cm³/mol. The molecule has 124 valence electrons. The summed E-state index contributed by atoms with van der Waals surface area (Å²) in [7, 11) is 0. The van der Waals surface area contributed by atoms with Crippen molar-refractivity contribution in [3.8, 4) is 5.69 Å². The summed E-state index contributed by atoms with van der Waals surface area (Å²) >= 11 is 0. The Morgan fingerprint density at radius 3 is 2.88 bits per heavy atom. The monoisotopic (exact) mass is 327 g/mol. The van der Waals surface area contributed by atoms with E-state index in [0.717, 1.165) is 31.6 Å². The number of halogens is 1. The van der Waals surface area contributed by atoms with Gasteiger partial charge >= 0.3 is 0 Å². The van der Waals surface area contributed by atoms with Gasteiger partial charge in [-0.1, -0.05) is 6.42 Å². The van der Waals surface area contributed by atoms with Crippen LogP contribution in [0, 0.1) is 12.7 Å². The molecule has 0 bridgehead atoms. The fourth-order valence-corrected chi connectivity index (χ4v) is 2.87. The number of rotatable bonds is 3. The third-order valence-corrected chi connectivity index (χ3v) is 4.08. The van der Waals surface area contributed by atoms with Crippen molar-refractivity contribution < 1.29 is 4.39 Å². The van der Waals surface area contributed by atoms with Crippen LogP contribution in [0.2, 0.25) is 0 Å². The van der Waals surface area contributed by atoms with Crippen LogP contribution in [0.1, 0.15) is 30.9 Å². The standard InChI is InChI=1S/C16H18FN7/c1-11-18-10-24(21-11)14-7-6-12(9-13(14)17)19-16-20-15-5-3-2-4-8-23(15)22-16/h6-7,9-10H,2-5,8H2,1H3,(H,19,22). The highest BCUT2D eigenvalue weighted by molar-refractivity contribution is 5.56. The van der Waals surface area contributed by atoms with Gasteiger partial charge in [0, 0.05) is 18.7 Å². The first kappa shape index (κ1) is 14.8. The Balaban J connectivity index is 1.56. The molecule has 0 saturated carbocycles. The number of nitrogens with zero attached hydrogens (tertiary/aromatic N) is 6. The molecule has 7 nitrogen and oxygen atoms in total. The summed E-state index contributed by atoms with van der Waals surface area (Å²) in [5.74, 6) is 1.71. The lowest BCUT2D eigenvalue weighted by molar-refractivity contribution is 0.576. The van der Waals surface area contributed by atoms with Crippen molar-refractivity contribution in [3.05, 3.63) is 42.0 Å². The molecule has 4 rings (SSSR count). The number of anilines is 2. The van der Waals surface area contributed by atoms with E-state index in [1.54, 1.807) is 19.1 Å². The van der Waals surface area contributed by atoms with Crippen molar-refractivity contribution in [1.29, 1.82) is 0 Å². The summed E-state index contributed by atoms with van der Waals surface area (Å²) in [6, 6.07) is 4.85. The lowest BCUT2D eigenvalue weighted by Crippen LogP contribution is -2.03. The summed E-state index contributed by atoms with van der Waals surface area (Å²) in [5.41, 5.74) is 0.962. The quantitative estimate of drug-likeness (QED) is 0.801. The molecule has 24 heavy (non-hydrogen) atoms. The molecule has 1 aliphatic rings. The van der Waals surface area contributed by atoms with E-state index < -0.39 is 0 Å². The molecule has 0 radical (unpaired) electrons. The Labute approximate surface area is 138 Å². The molecule has 0 amide bonds. The first-order valence-corrected chi connectivity index (χ1v) is 8.08. The summed E-state index contributed by atoms with van der Waals surface area (Å²) < 4.78 is 17.7. The molecule has 3 aromatic rings. The maximum Gasteiger partial charge on any atom is 0.246 e. The van der Waals surface area contributed by atoms with Gasteiger partial charge in [0.15, 0.2) is 5.82 Å². The summed E-state index contributed by atoms with van der Waals surface area (Å²) in [6.07, 6.45) is 5.90. The number of aromatic nitrogens is 6. The van der Waals surface area contributed by atoms with Gasteiger partial charge in [0.2, 0.25) is 5.95 Å². The van der Waals surface area contributed by atoms with E-state index in [1.807, 2.05) is 4.68 Å². The van der Waals surface area contributed by atoms with Crippen LogP contribution in [0.5, 0.6) is 0 Å². The number of nitrogens with one attached hydrogen (secondary N) is 1. The minimum absolute atomic E-state index is 0.356. The Bertz CT molecular complexity index is 844. The topological polar surface area (TPSA) is 73.5 Å². The van der Waals surface area contributed by atoms with Crippen LogP contribution < -0.4 is 5.32 Å². The maximum absolute atomic E-state index is 14.4. The van der Waals surface area contributed by atoms with Gasteiger partial charge in [-0.15, -0.1) is 5.10 Å². The van der Waals surface area contributed by atoms with Crippen LogP contribution in [-0.4, -0.2) is 29.5 Å². The van der Waals surface area contributed by atoms with Crippen molar-refractivity contribution in [2.75, 3.05) is 5.32 Å². The molecule has 0 unspecified atom stereocenters. The van der Waals surface area contributed by atoms with Crippen molar-refractivity contribution >= 4 is 11.6 Å². The van der Waals surface area contributed by atoms with Crippen molar-refractivity contribution in [1.82, 2.24) is 29.5 Å². The largest absolute Gasteiger partial charge is 0.323 e. The minimum atomic E-state index is -0.384. The normalized spacial score (nSPS) is 14.2. The second-order valence-corrected chi connectivity index (χ2v) is 5.91. The molecule has 1 aromatic carbocycles. The van der Waals surface area contributed by atoms with E-state index in [2.05, 4.69) is 25.5 Å². The van der Waals surface area contributed by atoms with Crippen LogP contribution in [0.3, 0.4) is 0 Å². The van der Waals surface area contributed by atoms with E-state index >= 15 is 0 Å². The molecule has 0 aliphatic carbocycles. The molecular weight excluding hydrogens is 309 g/mol. The number of hydrogen-bond donors (Lipinski definition) is 1. The Hall–Kier alpha value is -2.77. The van der Waals surface area contributed by atoms with Gasteiger partial charge in [0.25, 0.3) is 0 Å². The average molecular weight is 327 g/mol. The van der Waals surface area contributed by atoms with Gasteiger partial charge in [-0.05, 0) is 38.0 Å². The number of fused-ring (bicyclic) bond motifs is 1. The molecule has 0 atom stereocenters. The molecule has 1 N–H and O–H groups in total.